The van der Waals surface area contributed by atoms with E-state index >= 15 is 0 Å². The molecule has 1 aromatic heterocycles. The minimum atomic E-state index is -1.26. The molecule has 4 radical (unpaired) electrons. The molecular formula is C23H27B2F3N4O. The maximum Gasteiger partial charge on any atom is 0.168 e. The van der Waals surface area contributed by atoms with Crippen LogP contribution in [0.5, 0.6) is 0 Å². The summed E-state index contributed by atoms with van der Waals surface area (Å²) < 4.78 is 46.7. The van der Waals surface area contributed by atoms with Gasteiger partial charge in [-0.3, -0.25) is 0 Å². The van der Waals surface area contributed by atoms with E-state index in [0.717, 1.165) is 32.0 Å². The first-order valence-corrected chi connectivity index (χ1v) is 11.1. The molecule has 1 saturated carbocycles. The average Bonchev–Trinajstić information content (AvgIpc) is 3.29. The van der Waals surface area contributed by atoms with E-state index in [-0.39, 0.29) is 29.5 Å². The molecule has 33 heavy (non-hydrogen) atoms. The number of nitrogens with one attached hydrogen (secondary N) is 1. The van der Waals surface area contributed by atoms with Gasteiger partial charge in [-0.15, -0.1) is 10.2 Å². The summed E-state index contributed by atoms with van der Waals surface area (Å²) in [4.78, 5) is 2.10. The van der Waals surface area contributed by atoms with E-state index in [1.165, 1.54) is 6.07 Å². The summed E-state index contributed by atoms with van der Waals surface area (Å²) in [7, 11) is 12.7. The Morgan fingerprint density at radius 3 is 2.30 bits per heavy atom. The van der Waals surface area contributed by atoms with Crippen LogP contribution >= 0.6 is 0 Å². The summed E-state index contributed by atoms with van der Waals surface area (Å²) in [6.07, 6.45) is 1.87. The van der Waals surface area contributed by atoms with E-state index in [0.29, 0.717) is 23.7 Å². The Balaban J connectivity index is 1.33. The van der Waals surface area contributed by atoms with Gasteiger partial charge in [-0.2, -0.15) is 0 Å². The van der Waals surface area contributed by atoms with Gasteiger partial charge in [0.15, 0.2) is 11.6 Å². The largest absolute Gasteiger partial charge is 0.376 e. The fourth-order valence-electron chi connectivity index (χ4n) is 4.69. The van der Waals surface area contributed by atoms with Crippen LogP contribution in [0.25, 0.3) is 11.3 Å². The number of anilines is 1. The summed E-state index contributed by atoms with van der Waals surface area (Å²) in [5, 5.41) is 10.4. The molecule has 10 heteroatoms. The van der Waals surface area contributed by atoms with Gasteiger partial charge in [0, 0.05) is 37.4 Å². The third-order valence-corrected chi connectivity index (χ3v) is 6.36. The van der Waals surface area contributed by atoms with Gasteiger partial charge in [-0.25, -0.2) is 13.2 Å². The van der Waals surface area contributed by atoms with Crippen LogP contribution in [0.2, 0.25) is 0 Å². The Bertz CT molecular complexity index is 986. The lowest BCUT2D eigenvalue weighted by Gasteiger charge is -2.39. The lowest BCUT2D eigenvalue weighted by Crippen LogP contribution is -2.54. The van der Waals surface area contributed by atoms with Crippen molar-refractivity contribution in [1.82, 2.24) is 15.1 Å². The average molecular weight is 454 g/mol. The van der Waals surface area contributed by atoms with Gasteiger partial charge in [0.2, 0.25) is 0 Å². The van der Waals surface area contributed by atoms with Crippen LogP contribution in [0.15, 0.2) is 24.3 Å². The van der Waals surface area contributed by atoms with Crippen molar-refractivity contribution in [3.63, 3.8) is 0 Å². The lowest BCUT2D eigenvalue weighted by molar-refractivity contribution is -0.0268. The summed E-state index contributed by atoms with van der Waals surface area (Å²) >= 11 is 0. The molecule has 0 amide bonds. The zero-order chi connectivity index (χ0) is 24.0. The van der Waals surface area contributed by atoms with Crippen molar-refractivity contribution in [2.24, 2.45) is 11.8 Å². The third kappa shape index (κ3) is 5.54. The van der Waals surface area contributed by atoms with Crippen LogP contribution in [0.1, 0.15) is 33.6 Å². The summed E-state index contributed by atoms with van der Waals surface area (Å²) in [5.41, 5.74) is -0.501. The lowest BCUT2D eigenvalue weighted by atomic mass is 9.61. The maximum atomic E-state index is 14.0. The maximum absolute atomic E-state index is 14.0. The van der Waals surface area contributed by atoms with Crippen molar-refractivity contribution in [2.75, 3.05) is 25.0 Å². The van der Waals surface area contributed by atoms with Crippen molar-refractivity contribution in [3.8, 4) is 11.3 Å². The Kier molecular flexibility index (Phi) is 6.53. The van der Waals surface area contributed by atoms with Gasteiger partial charge >= 0.3 is 0 Å². The molecule has 1 saturated heterocycles. The highest BCUT2D eigenvalue weighted by Crippen LogP contribution is 2.41. The summed E-state index contributed by atoms with van der Waals surface area (Å²) in [6, 6.07) is 4.75. The van der Waals surface area contributed by atoms with E-state index in [4.69, 9.17) is 20.4 Å². The van der Waals surface area contributed by atoms with Crippen molar-refractivity contribution in [3.05, 3.63) is 41.7 Å². The predicted octanol–water partition coefficient (Wildman–Crippen LogP) is 3.49. The number of ether oxygens (including phenoxy) is 1. The van der Waals surface area contributed by atoms with E-state index in [1.807, 2.05) is 20.8 Å². The Morgan fingerprint density at radius 2 is 1.73 bits per heavy atom. The fourth-order valence-corrected chi connectivity index (χ4v) is 4.69. The molecule has 2 aliphatic rings. The minimum Gasteiger partial charge on any atom is -0.376 e. The zero-order valence-electron chi connectivity index (χ0n) is 19.1. The van der Waals surface area contributed by atoms with Crippen LogP contribution in [0.4, 0.5) is 19.0 Å². The second-order valence-corrected chi connectivity index (χ2v) is 10.2. The normalized spacial score (nSPS) is 23.6. The second kappa shape index (κ2) is 8.95. The number of nitrogens with zero attached hydrogens (tertiary/aromatic N) is 3. The number of aromatic nitrogens is 2. The number of benzene rings is 1. The molecule has 1 unspecified atom stereocenters. The number of hydrogen-bond acceptors (Lipinski definition) is 5. The fraction of sp³-hybridized carbons (Fsp3) is 0.565. The number of fused-ring (bicyclic) bond motifs is 1. The van der Waals surface area contributed by atoms with Gasteiger partial charge in [0.05, 0.1) is 27.0 Å². The molecule has 2 fully saturated rings. The van der Waals surface area contributed by atoms with Gasteiger partial charge in [0.25, 0.3) is 0 Å². The highest BCUT2D eigenvalue weighted by Gasteiger charge is 2.44. The third-order valence-electron chi connectivity index (χ3n) is 6.36. The minimum absolute atomic E-state index is 0.0649. The SMILES string of the molecule is [B]C([B])(COC(C)(C)C)N1C[C@H]2CC(Nc3ccc(-c4cc(F)cc(F)c4F)nn3)C[C@H]2C1. The van der Waals surface area contributed by atoms with Crippen molar-refractivity contribution in [1.29, 1.82) is 0 Å². The van der Waals surface area contributed by atoms with Crippen molar-refractivity contribution < 1.29 is 17.9 Å². The molecule has 172 valence electrons. The van der Waals surface area contributed by atoms with E-state index in [2.05, 4.69) is 20.4 Å². The van der Waals surface area contributed by atoms with Crippen LogP contribution in [0, 0.1) is 29.3 Å². The number of rotatable bonds is 6. The highest BCUT2D eigenvalue weighted by molar-refractivity contribution is 6.40. The van der Waals surface area contributed by atoms with Crippen LogP contribution < -0.4 is 5.32 Å². The molecule has 1 N–H and O–H groups in total. The second-order valence-electron chi connectivity index (χ2n) is 10.2. The highest BCUT2D eigenvalue weighted by atomic mass is 19.2. The first-order valence-electron chi connectivity index (χ1n) is 11.1. The first-order chi connectivity index (χ1) is 15.4. The van der Waals surface area contributed by atoms with Gasteiger partial charge < -0.3 is 15.0 Å². The molecule has 0 bridgehead atoms. The summed E-state index contributed by atoms with van der Waals surface area (Å²) in [6.45, 7) is 7.79. The van der Waals surface area contributed by atoms with Crippen LogP contribution in [-0.2, 0) is 4.74 Å². The Labute approximate surface area is 195 Å². The number of likely N-dealkylation sites (tertiary alicyclic amines) is 1. The van der Waals surface area contributed by atoms with Crippen LogP contribution in [0.3, 0.4) is 0 Å². The summed E-state index contributed by atoms with van der Waals surface area (Å²) in [5.74, 6) is -1.83. The molecular weight excluding hydrogens is 427 g/mol. The molecule has 5 nitrogen and oxygen atoms in total. The van der Waals surface area contributed by atoms with E-state index < -0.39 is 22.8 Å². The molecule has 2 aromatic rings. The van der Waals surface area contributed by atoms with Crippen LogP contribution in [-0.4, -0.2) is 67.5 Å². The zero-order valence-corrected chi connectivity index (χ0v) is 19.1. The first kappa shape index (κ1) is 24.1. The van der Waals surface area contributed by atoms with E-state index in [1.54, 1.807) is 6.07 Å². The Hall–Kier alpha value is -2.06. The molecule has 1 aromatic carbocycles. The quantitative estimate of drug-likeness (QED) is 0.536. The molecule has 1 aliphatic carbocycles. The van der Waals surface area contributed by atoms with Crippen molar-refractivity contribution >= 4 is 21.5 Å². The van der Waals surface area contributed by atoms with E-state index in [9.17, 15) is 13.2 Å². The molecule has 2 heterocycles. The number of halogens is 3. The van der Waals surface area contributed by atoms with Crippen molar-refractivity contribution in [2.45, 2.75) is 50.6 Å². The molecule has 3 atom stereocenters. The molecule has 0 spiro atoms. The van der Waals surface area contributed by atoms with Gasteiger partial charge in [-0.1, -0.05) is 0 Å². The molecule has 4 rings (SSSR count). The molecule has 1 aliphatic heterocycles. The standard InChI is InChI=1S/C23H27B2F3N4O/c1-22(2,3)33-12-23(24,25)32-10-13-6-16(7-14(13)11-32)29-20-5-4-19(30-31-20)17-8-15(26)9-18(27)21(17)28/h4-5,8-9,13-14,16H,6-7,10-12H2,1-3H3,(H,29,31)/t13-,14+,16?. The van der Waals surface area contributed by atoms with Gasteiger partial charge in [-0.05, 0) is 69.0 Å². The Morgan fingerprint density at radius 1 is 1.06 bits per heavy atom. The smallest absolute Gasteiger partial charge is 0.168 e. The predicted molar refractivity (Wildman–Crippen MR) is 122 cm³/mol. The monoisotopic (exact) mass is 454 g/mol. The van der Waals surface area contributed by atoms with Gasteiger partial charge in [0.1, 0.15) is 11.6 Å². The topological polar surface area (TPSA) is 50.3 Å². The number of hydrogen-bond donors (Lipinski definition) is 1.